The van der Waals surface area contributed by atoms with Crippen LogP contribution in [0.5, 0.6) is 17.2 Å². The van der Waals surface area contributed by atoms with Crippen molar-refractivity contribution < 1.29 is 23.9 Å². The quantitative estimate of drug-likeness (QED) is 0.529. The van der Waals surface area contributed by atoms with E-state index in [2.05, 4.69) is 5.32 Å². The number of anilines is 1. The molecule has 31 heavy (non-hydrogen) atoms. The topological polar surface area (TPSA) is 61.2 Å². The molecule has 3 rings (SSSR count). The fourth-order valence-corrected chi connectivity index (χ4v) is 3.26. The molecule has 162 valence electrons. The van der Waals surface area contributed by atoms with Crippen LogP contribution in [-0.2, 0) is 17.9 Å². The van der Waals surface area contributed by atoms with Gasteiger partial charge in [-0.3, -0.25) is 4.79 Å². The summed E-state index contributed by atoms with van der Waals surface area (Å²) in [5, 5.41) is 2.94. The maximum Gasteiger partial charge on any atom is 0.279 e. The SMILES string of the molecule is COc1ccc(C[NH+](C)CC(=O)Nc2ccc(OCc3ccccc3)cc2)cc1OC. The van der Waals surface area contributed by atoms with Crippen molar-refractivity contribution in [3.63, 3.8) is 0 Å². The maximum atomic E-state index is 12.4. The van der Waals surface area contributed by atoms with E-state index in [1.54, 1.807) is 14.2 Å². The highest BCUT2D eigenvalue weighted by Crippen LogP contribution is 2.27. The maximum absolute atomic E-state index is 12.4. The molecular formula is C25H29N2O4+. The minimum Gasteiger partial charge on any atom is -0.493 e. The lowest BCUT2D eigenvalue weighted by molar-refractivity contribution is -0.885. The van der Waals surface area contributed by atoms with Crippen molar-refractivity contribution in [1.82, 2.24) is 0 Å². The lowest BCUT2D eigenvalue weighted by Crippen LogP contribution is -3.08. The Morgan fingerprint density at radius 1 is 0.871 bits per heavy atom. The molecule has 6 heteroatoms. The lowest BCUT2D eigenvalue weighted by Gasteiger charge is -2.15. The molecule has 6 nitrogen and oxygen atoms in total. The van der Waals surface area contributed by atoms with Crippen LogP contribution < -0.4 is 24.4 Å². The zero-order chi connectivity index (χ0) is 22.1. The summed E-state index contributed by atoms with van der Waals surface area (Å²) in [5.41, 5.74) is 2.93. The van der Waals surface area contributed by atoms with Crippen LogP contribution in [0, 0.1) is 0 Å². The smallest absolute Gasteiger partial charge is 0.279 e. The first-order valence-electron chi connectivity index (χ1n) is 10.2. The summed E-state index contributed by atoms with van der Waals surface area (Å²) >= 11 is 0. The molecule has 0 saturated heterocycles. The van der Waals surface area contributed by atoms with Crippen molar-refractivity contribution in [3.8, 4) is 17.2 Å². The molecule has 0 heterocycles. The second-order valence-corrected chi connectivity index (χ2v) is 7.35. The van der Waals surface area contributed by atoms with Gasteiger partial charge in [0.1, 0.15) is 18.9 Å². The van der Waals surface area contributed by atoms with Crippen LogP contribution in [0.1, 0.15) is 11.1 Å². The van der Waals surface area contributed by atoms with Gasteiger partial charge in [0, 0.05) is 11.3 Å². The van der Waals surface area contributed by atoms with Gasteiger partial charge in [0.15, 0.2) is 18.0 Å². The molecule has 0 saturated carbocycles. The van der Waals surface area contributed by atoms with E-state index in [0.29, 0.717) is 31.2 Å². The second kappa shape index (κ2) is 11.0. The first-order chi connectivity index (χ1) is 15.1. The average molecular weight is 422 g/mol. The number of carbonyl (C=O) groups is 1. The molecular weight excluding hydrogens is 392 g/mol. The molecule has 3 aromatic rings. The molecule has 0 bridgehead atoms. The highest BCUT2D eigenvalue weighted by atomic mass is 16.5. The van der Waals surface area contributed by atoms with Crippen LogP contribution in [0.15, 0.2) is 72.8 Å². The van der Waals surface area contributed by atoms with E-state index in [-0.39, 0.29) is 5.91 Å². The molecule has 1 amide bonds. The Labute approximate surface area is 183 Å². The average Bonchev–Trinajstić information content (AvgIpc) is 2.79. The van der Waals surface area contributed by atoms with Crippen LogP contribution in [0.4, 0.5) is 5.69 Å². The van der Waals surface area contributed by atoms with Gasteiger partial charge in [0.2, 0.25) is 0 Å². The van der Waals surface area contributed by atoms with Gasteiger partial charge in [0.05, 0.1) is 21.3 Å². The Morgan fingerprint density at radius 2 is 1.58 bits per heavy atom. The Morgan fingerprint density at radius 3 is 2.26 bits per heavy atom. The number of quaternary nitrogens is 1. The van der Waals surface area contributed by atoms with Gasteiger partial charge in [0.25, 0.3) is 5.91 Å². The van der Waals surface area contributed by atoms with Crippen molar-refractivity contribution in [3.05, 3.63) is 83.9 Å². The monoisotopic (exact) mass is 421 g/mol. The van der Waals surface area contributed by atoms with E-state index < -0.39 is 0 Å². The number of hydrogen-bond donors (Lipinski definition) is 2. The zero-order valence-corrected chi connectivity index (χ0v) is 18.2. The van der Waals surface area contributed by atoms with E-state index in [9.17, 15) is 4.79 Å². The summed E-state index contributed by atoms with van der Waals surface area (Å²) in [6, 6.07) is 23.2. The van der Waals surface area contributed by atoms with Gasteiger partial charge >= 0.3 is 0 Å². The number of benzene rings is 3. The Kier molecular flexibility index (Phi) is 7.90. The highest BCUT2D eigenvalue weighted by molar-refractivity contribution is 5.91. The van der Waals surface area contributed by atoms with Crippen LogP contribution in [0.2, 0.25) is 0 Å². The fraction of sp³-hybridized carbons (Fsp3) is 0.240. The van der Waals surface area contributed by atoms with E-state index >= 15 is 0 Å². The second-order valence-electron chi connectivity index (χ2n) is 7.35. The number of ether oxygens (including phenoxy) is 3. The standard InChI is InChI=1S/C25H28N2O4/c1-27(16-20-9-14-23(29-2)24(15-20)30-3)17-25(28)26-21-10-12-22(13-11-21)31-18-19-7-5-4-6-8-19/h4-15H,16-18H2,1-3H3,(H,26,28)/p+1. The Balaban J connectivity index is 1.47. The summed E-state index contributed by atoms with van der Waals surface area (Å²) in [6.45, 7) is 1.55. The van der Waals surface area contributed by atoms with Gasteiger partial charge < -0.3 is 24.4 Å². The molecule has 0 fully saturated rings. The van der Waals surface area contributed by atoms with E-state index in [0.717, 1.165) is 27.5 Å². The number of methoxy groups -OCH3 is 2. The van der Waals surface area contributed by atoms with Crippen LogP contribution in [-0.4, -0.2) is 33.7 Å². The normalized spacial score (nSPS) is 11.5. The van der Waals surface area contributed by atoms with E-state index in [1.807, 2.05) is 79.8 Å². The zero-order valence-electron chi connectivity index (χ0n) is 18.2. The largest absolute Gasteiger partial charge is 0.493 e. The molecule has 1 unspecified atom stereocenters. The van der Waals surface area contributed by atoms with Crippen LogP contribution in [0.3, 0.4) is 0 Å². The van der Waals surface area contributed by atoms with E-state index in [1.165, 1.54) is 0 Å². The number of rotatable bonds is 10. The van der Waals surface area contributed by atoms with Crippen molar-refractivity contribution in [2.24, 2.45) is 0 Å². The van der Waals surface area contributed by atoms with Crippen LogP contribution >= 0.6 is 0 Å². The van der Waals surface area contributed by atoms with E-state index in [4.69, 9.17) is 14.2 Å². The first-order valence-corrected chi connectivity index (χ1v) is 10.2. The molecule has 3 aromatic carbocycles. The fourth-order valence-electron chi connectivity index (χ4n) is 3.26. The van der Waals surface area contributed by atoms with Gasteiger partial charge in [-0.05, 0) is 48.0 Å². The predicted molar refractivity (Wildman–Crippen MR) is 121 cm³/mol. The van der Waals surface area contributed by atoms with Gasteiger partial charge in [-0.2, -0.15) is 0 Å². The third-order valence-electron chi connectivity index (χ3n) is 4.80. The minimum absolute atomic E-state index is 0.0454. The summed E-state index contributed by atoms with van der Waals surface area (Å²) < 4.78 is 16.4. The first kappa shape index (κ1) is 22.2. The minimum atomic E-state index is -0.0454. The number of nitrogens with one attached hydrogen (secondary N) is 2. The third-order valence-corrected chi connectivity index (χ3v) is 4.80. The van der Waals surface area contributed by atoms with Crippen molar-refractivity contribution in [1.29, 1.82) is 0 Å². The Bertz CT molecular complexity index is 975. The highest BCUT2D eigenvalue weighted by Gasteiger charge is 2.13. The molecule has 0 spiro atoms. The lowest BCUT2D eigenvalue weighted by atomic mass is 10.2. The summed E-state index contributed by atoms with van der Waals surface area (Å²) in [4.78, 5) is 13.5. The predicted octanol–water partition coefficient (Wildman–Crippen LogP) is 2.94. The number of hydrogen-bond acceptors (Lipinski definition) is 4. The molecule has 1 atom stereocenters. The molecule has 0 radical (unpaired) electrons. The van der Waals surface area contributed by atoms with Gasteiger partial charge in [-0.25, -0.2) is 0 Å². The molecule has 0 aliphatic heterocycles. The van der Waals surface area contributed by atoms with Crippen LogP contribution in [0.25, 0.3) is 0 Å². The molecule has 0 aromatic heterocycles. The third kappa shape index (κ3) is 6.76. The van der Waals surface area contributed by atoms with Crippen molar-refractivity contribution in [2.75, 3.05) is 33.1 Å². The summed E-state index contributed by atoms with van der Waals surface area (Å²) in [6.07, 6.45) is 0. The molecule has 2 N–H and O–H groups in total. The number of amides is 1. The molecule has 0 aliphatic carbocycles. The summed E-state index contributed by atoms with van der Waals surface area (Å²) in [5.74, 6) is 2.10. The van der Waals surface area contributed by atoms with Crippen molar-refractivity contribution >= 4 is 11.6 Å². The number of carbonyl (C=O) groups excluding carboxylic acids is 1. The van der Waals surface area contributed by atoms with Gasteiger partial charge in [-0.15, -0.1) is 0 Å². The van der Waals surface area contributed by atoms with Gasteiger partial charge in [-0.1, -0.05) is 30.3 Å². The molecule has 0 aliphatic rings. The number of likely N-dealkylation sites (N-methyl/N-ethyl adjacent to an activating group) is 1. The van der Waals surface area contributed by atoms with Crippen molar-refractivity contribution in [2.45, 2.75) is 13.2 Å². The summed E-state index contributed by atoms with van der Waals surface area (Å²) in [7, 11) is 5.21. The Hall–Kier alpha value is -3.51.